The summed E-state index contributed by atoms with van der Waals surface area (Å²) in [7, 11) is 1.44. The summed E-state index contributed by atoms with van der Waals surface area (Å²) < 4.78 is 5.05. The number of carboxylic acids is 1. The standard InChI is InChI=1S/C18H14N2O5S/c1-25-14-8-10(6-7-13(14)21)9-15-16(22)20-18(26-15)19-12-5-3-2-4-11(12)17(23)24/h2-9,21H,1H3,(H,23,24)(H,19,20,22)/b15-9-. The second kappa shape index (κ2) is 7.32. The van der Waals surface area contributed by atoms with Crippen molar-refractivity contribution in [3.63, 3.8) is 0 Å². The van der Waals surface area contributed by atoms with E-state index in [2.05, 4.69) is 10.3 Å². The third-order valence-electron chi connectivity index (χ3n) is 3.51. The zero-order chi connectivity index (χ0) is 18.7. The Morgan fingerprint density at radius 3 is 2.77 bits per heavy atom. The zero-order valence-corrected chi connectivity index (χ0v) is 14.4. The minimum Gasteiger partial charge on any atom is -0.504 e. The Morgan fingerprint density at radius 2 is 2.04 bits per heavy atom. The third-order valence-corrected chi connectivity index (χ3v) is 4.42. The van der Waals surface area contributed by atoms with Crippen molar-refractivity contribution in [2.45, 2.75) is 0 Å². The van der Waals surface area contributed by atoms with Gasteiger partial charge in [0, 0.05) is 0 Å². The summed E-state index contributed by atoms with van der Waals surface area (Å²) in [5.74, 6) is -1.13. The van der Waals surface area contributed by atoms with Crippen LogP contribution in [0.2, 0.25) is 0 Å². The van der Waals surface area contributed by atoms with Gasteiger partial charge in [0.2, 0.25) is 0 Å². The molecule has 0 spiro atoms. The number of carbonyl (C=O) groups is 2. The molecule has 0 aliphatic carbocycles. The van der Waals surface area contributed by atoms with Gasteiger partial charge in [-0.15, -0.1) is 0 Å². The molecule has 0 unspecified atom stereocenters. The predicted molar refractivity (Wildman–Crippen MR) is 98.9 cm³/mol. The van der Waals surface area contributed by atoms with Crippen LogP contribution in [0.4, 0.5) is 5.69 Å². The zero-order valence-electron chi connectivity index (χ0n) is 13.6. The fraction of sp³-hybridized carbons (Fsp3) is 0.0556. The van der Waals surface area contributed by atoms with Gasteiger partial charge in [-0.2, -0.15) is 0 Å². The number of ether oxygens (including phenoxy) is 1. The van der Waals surface area contributed by atoms with Crippen LogP contribution in [0.25, 0.3) is 6.08 Å². The molecular formula is C18H14N2O5S. The minimum absolute atomic E-state index is 0.00528. The lowest BCUT2D eigenvalue weighted by molar-refractivity contribution is -0.115. The Morgan fingerprint density at radius 1 is 1.27 bits per heavy atom. The third kappa shape index (κ3) is 3.70. The van der Waals surface area contributed by atoms with Gasteiger partial charge in [-0.25, -0.2) is 9.79 Å². The summed E-state index contributed by atoms with van der Waals surface area (Å²) in [6, 6.07) is 11.0. The van der Waals surface area contributed by atoms with E-state index >= 15 is 0 Å². The molecule has 0 atom stereocenters. The molecule has 26 heavy (non-hydrogen) atoms. The number of benzene rings is 2. The molecule has 1 fully saturated rings. The highest BCUT2D eigenvalue weighted by molar-refractivity contribution is 8.18. The smallest absolute Gasteiger partial charge is 0.337 e. The van der Waals surface area contributed by atoms with Crippen molar-refractivity contribution in [3.05, 3.63) is 58.5 Å². The number of amides is 1. The van der Waals surface area contributed by atoms with Crippen molar-refractivity contribution < 1.29 is 24.5 Å². The molecule has 3 N–H and O–H groups in total. The van der Waals surface area contributed by atoms with Crippen LogP contribution in [0, 0.1) is 0 Å². The molecule has 3 rings (SSSR count). The Bertz CT molecular complexity index is 952. The summed E-state index contributed by atoms with van der Waals surface area (Å²) in [5.41, 5.74) is 0.982. The van der Waals surface area contributed by atoms with Crippen LogP contribution in [-0.2, 0) is 4.79 Å². The molecule has 7 nitrogen and oxygen atoms in total. The number of methoxy groups -OCH3 is 1. The molecule has 1 aliphatic heterocycles. The van der Waals surface area contributed by atoms with E-state index in [-0.39, 0.29) is 22.9 Å². The normalized spacial score (nSPS) is 16.7. The number of aromatic carboxylic acids is 1. The van der Waals surface area contributed by atoms with E-state index in [0.717, 1.165) is 11.8 Å². The highest BCUT2D eigenvalue weighted by Crippen LogP contribution is 2.32. The van der Waals surface area contributed by atoms with Gasteiger partial charge in [0.05, 0.1) is 23.3 Å². The van der Waals surface area contributed by atoms with Gasteiger partial charge in [-0.1, -0.05) is 18.2 Å². The van der Waals surface area contributed by atoms with Crippen LogP contribution >= 0.6 is 11.8 Å². The largest absolute Gasteiger partial charge is 0.504 e. The number of phenolic OH excluding ortho intramolecular Hbond substituents is 1. The quantitative estimate of drug-likeness (QED) is 0.714. The van der Waals surface area contributed by atoms with Crippen molar-refractivity contribution in [2.24, 2.45) is 4.99 Å². The average Bonchev–Trinajstić information content (AvgIpc) is 2.96. The van der Waals surface area contributed by atoms with Gasteiger partial charge < -0.3 is 20.3 Å². The lowest BCUT2D eigenvalue weighted by atomic mass is 10.2. The summed E-state index contributed by atoms with van der Waals surface area (Å²) >= 11 is 1.10. The number of hydrogen-bond donors (Lipinski definition) is 3. The van der Waals surface area contributed by atoms with Crippen molar-refractivity contribution >= 4 is 40.6 Å². The Balaban J connectivity index is 1.88. The van der Waals surface area contributed by atoms with Gasteiger partial charge >= 0.3 is 5.97 Å². The molecule has 0 saturated carbocycles. The van der Waals surface area contributed by atoms with Crippen LogP contribution in [0.15, 0.2) is 52.4 Å². The first-order chi connectivity index (χ1) is 12.5. The van der Waals surface area contributed by atoms with E-state index in [9.17, 15) is 19.8 Å². The van der Waals surface area contributed by atoms with E-state index in [1.54, 1.807) is 36.4 Å². The first-order valence-electron chi connectivity index (χ1n) is 7.47. The maximum atomic E-state index is 12.1. The fourth-order valence-electron chi connectivity index (χ4n) is 2.28. The minimum atomic E-state index is -1.09. The van der Waals surface area contributed by atoms with Gasteiger partial charge in [-0.05, 0) is 47.7 Å². The van der Waals surface area contributed by atoms with E-state index in [0.29, 0.717) is 21.4 Å². The summed E-state index contributed by atoms with van der Waals surface area (Å²) in [5, 5.41) is 21.7. The molecule has 0 bridgehead atoms. The fourth-order valence-corrected chi connectivity index (χ4v) is 3.11. The molecule has 0 aromatic heterocycles. The number of amidine groups is 1. The molecule has 132 valence electrons. The van der Waals surface area contributed by atoms with E-state index in [4.69, 9.17) is 4.74 Å². The SMILES string of the molecule is COc1cc(/C=C2\SC(=Nc3ccccc3C(=O)O)NC2=O)ccc1O. The number of carbonyl (C=O) groups excluding carboxylic acids is 1. The van der Waals surface area contributed by atoms with Crippen LogP contribution in [0.5, 0.6) is 11.5 Å². The Kier molecular flexibility index (Phi) is 4.94. The Hall–Kier alpha value is -3.26. The van der Waals surface area contributed by atoms with Crippen molar-refractivity contribution in [3.8, 4) is 11.5 Å². The van der Waals surface area contributed by atoms with E-state index < -0.39 is 5.97 Å². The van der Waals surface area contributed by atoms with Gasteiger partial charge in [-0.3, -0.25) is 4.79 Å². The number of aliphatic imine (C=N–C) groups is 1. The number of thioether (sulfide) groups is 1. The first-order valence-corrected chi connectivity index (χ1v) is 8.28. The molecule has 1 amide bonds. The monoisotopic (exact) mass is 370 g/mol. The van der Waals surface area contributed by atoms with E-state index in [1.165, 1.54) is 19.2 Å². The topological polar surface area (TPSA) is 108 Å². The predicted octanol–water partition coefficient (Wildman–Crippen LogP) is 2.99. The number of phenols is 1. The number of nitrogens with one attached hydrogen (secondary N) is 1. The maximum absolute atomic E-state index is 12.1. The average molecular weight is 370 g/mol. The second-order valence-electron chi connectivity index (χ2n) is 5.24. The number of para-hydroxylation sites is 1. The molecular weight excluding hydrogens is 356 g/mol. The number of nitrogens with zero attached hydrogens (tertiary/aromatic N) is 1. The van der Waals surface area contributed by atoms with Crippen molar-refractivity contribution in [1.29, 1.82) is 0 Å². The van der Waals surface area contributed by atoms with E-state index in [1.807, 2.05) is 0 Å². The molecule has 2 aromatic rings. The highest BCUT2D eigenvalue weighted by atomic mass is 32.2. The molecule has 1 heterocycles. The number of carboxylic acid groups (broad SMARTS) is 1. The van der Waals surface area contributed by atoms with Crippen LogP contribution in [-0.4, -0.2) is 34.4 Å². The Labute approximate surface area is 153 Å². The summed E-state index contributed by atoms with van der Waals surface area (Å²) in [6.07, 6.45) is 1.63. The van der Waals surface area contributed by atoms with Crippen LogP contribution in [0.3, 0.4) is 0 Å². The molecule has 1 saturated heterocycles. The van der Waals surface area contributed by atoms with Gasteiger partial charge in [0.1, 0.15) is 0 Å². The second-order valence-corrected chi connectivity index (χ2v) is 6.27. The molecule has 0 radical (unpaired) electrons. The van der Waals surface area contributed by atoms with Crippen LogP contribution < -0.4 is 10.1 Å². The summed E-state index contributed by atoms with van der Waals surface area (Å²) in [6.45, 7) is 0. The maximum Gasteiger partial charge on any atom is 0.337 e. The number of aromatic hydroxyl groups is 1. The van der Waals surface area contributed by atoms with Crippen molar-refractivity contribution in [2.75, 3.05) is 7.11 Å². The lowest BCUT2D eigenvalue weighted by Gasteiger charge is -2.04. The summed E-state index contributed by atoms with van der Waals surface area (Å²) in [4.78, 5) is 28.0. The van der Waals surface area contributed by atoms with Crippen molar-refractivity contribution in [1.82, 2.24) is 5.32 Å². The molecule has 2 aromatic carbocycles. The molecule has 1 aliphatic rings. The number of rotatable bonds is 4. The number of hydrogen-bond acceptors (Lipinski definition) is 6. The van der Waals surface area contributed by atoms with Crippen LogP contribution in [0.1, 0.15) is 15.9 Å². The van der Waals surface area contributed by atoms with Gasteiger partial charge in [0.15, 0.2) is 16.7 Å². The lowest BCUT2D eigenvalue weighted by Crippen LogP contribution is -2.19. The molecule has 8 heteroatoms. The van der Waals surface area contributed by atoms with Gasteiger partial charge in [0.25, 0.3) is 5.91 Å². The first kappa shape index (κ1) is 17.6. The highest BCUT2D eigenvalue weighted by Gasteiger charge is 2.24.